The molecular formula is C46H37NS. The smallest absolute Gasteiger partial charge is 0.0499 e. The molecule has 0 N–H and O–H groups in total. The minimum atomic E-state index is -0.0814. The molecule has 1 aromatic heterocycles. The third-order valence-electron chi connectivity index (χ3n) is 9.22. The highest BCUT2D eigenvalue weighted by molar-refractivity contribution is 7.25. The van der Waals surface area contributed by atoms with Gasteiger partial charge in [0.1, 0.15) is 0 Å². The summed E-state index contributed by atoms with van der Waals surface area (Å²) in [6.07, 6.45) is 0. The Morgan fingerprint density at radius 2 is 0.854 bits per heavy atom. The number of nitrogens with zero attached hydrogens (tertiary/aromatic N) is 1. The largest absolute Gasteiger partial charge is 0.310 e. The fourth-order valence-corrected chi connectivity index (χ4v) is 7.86. The summed E-state index contributed by atoms with van der Waals surface area (Å²) in [5, 5.41) is 2.66. The number of thiophene rings is 1. The van der Waals surface area contributed by atoms with Crippen molar-refractivity contribution in [2.75, 3.05) is 4.90 Å². The van der Waals surface area contributed by atoms with Gasteiger partial charge in [0.2, 0.25) is 0 Å². The van der Waals surface area contributed by atoms with Crippen molar-refractivity contribution >= 4 is 48.6 Å². The van der Waals surface area contributed by atoms with Gasteiger partial charge in [0, 0.05) is 37.2 Å². The molecule has 0 radical (unpaired) electrons. The quantitative estimate of drug-likeness (QED) is 0.176. The highest BCUT2D eigenvalue weighted by Gasteiger charge is 2.24. The van der Waals surface area contributed by atoms with Crippen LogP contribution >= 0.6 is 11.3 Å². The summed E-state index contributed by atoms with van der Waals surface area (Å²) in [5.74, 6) is 0. The van der Waals surface area contributed by atoms with Crippen molar-refractivity contribution in [3.05, 3.63) is 175 Å². The van der Waals surface area contributed by atoms with Gasteiger partial charge in [-0.2, -0.15) is 0 Å². The number of hydrogen-bond donors (Lipinski definition) is 0. The molecule has 0 fully saturated rings. The average molecular weight is 636 g/mol. The molecule has 0 saturated heterocycles. The molecule has 0 amide bonds. The van der Waals surface area contributed by atoms with E-state index < -0.39 is 0 Å². The topological polar surface area (TPSA) is 3.24 Å². The SMILES string of the molecule is CC(C)(C)c1cc(-c2ccccc2)ccc1N(c1ccc(-c2ccccc2)cc1)c1ccc(-c2ccc3c(c2)sc2ccccc23)cc1. The van der Waals surface area contributed by atoms with Crippen molar-refractivity contribution in [3.8, 4) is 33.4 Å². The summed E-state index contributed by atoms with van der Waals surface area (Å²) in [5.41, 5.74) is 12.0. The van der Waals surface area contributed by atoms with E-state index >= 15 is 0 Å². The molecule has 8 aromatic rings. The van der Waals surface area contributed by atoms with E-state index in [0.29, 0.717) is 0 Å². The Balaban J connectivity index is 1.23. The van der Waals surface area contributed by atoms with Crippen molar-refractivity contribution in [2.24, 2.45) is 0 Å². The van der Waals surface area contributed by atoms with Crippen LogP contribution in [0.3, 0.4) is 0 Å². The summed E-state index contributed by atoms with van der Waals surface area (Å²) in [7, 11) is 0. The minimum absolute atomic E-state index is 0.0814. The van der Waals surface area contributed by atoms with E-state index in [1.165, 1.54) is 64.8 Å². The van der Waals surface area contributed by atoms with Crippen molar-refractivity contribution in [3.63, 3.8) is 0 Å². The molecule has 1 nitrogen and oxygen atoms in total. The standard InChI is InChI=1S/C46H37NS/c1-46(2,3)42-30-36(33-14-8-5-9-15-33)23-29-43(42)47(38-24-18-34(19-25-38)32-12-6-4-7-13-32)39-26-20-35(21-27-39)37-22-28-41-40-16-10-11-17-44(40)48-45(41)31-37/h4-31H,1-3H3. The Morgan fingerprint density at radius 1 is 0.396 bits per heavy atom. The first kappa shape index (κ1) is 29.9. The van der Waals surface area contributed by atoms with E-state index in [2.05, 4.69) is 196 Å². The molecule has 232 valence electrons. The monoisotopic (exact) mass is 635 g/mol. The molecule has 0 aliphatic heterocycles. The lowest BCUT2D eigenvalue weighted by Crippen LogP contribution is -2.19. The molecule has 0 aliphatic rings. The van der Waals surface area contributed by atoms with Crippen LogP contribution < -0.4 is 4.90 Å². The van der Waals surface area contributed by atoms with E-state index in [-0.39, 0.29) is 5.41 Å². The van der Waals surface area contributed by atoms with Crippen molar-refractivity contribution < 1.29 is 0 Å². The molecule has 0 spiro atoms. The number of fused-ring (bicyclic) bond motifs is 3. The highest BCUT2D eigenvalue weighted by atomic mass is 32.1. The molecule has 0 saturated carbocycles. The summed E-state index contributed by atoms with van der Waals surface area (Å²) in [4.78, 5) is 2.42. The van der Waals surface area contributed by atoms with Crippen LogP contribution in [0, 0.1) is 0 Å². The summed E-state index contributed by atoms with van der Waals surface area (Å²) < 4.78 is 2.66. The number of hydrogen-bond acceptors (Lipinski definition) is 2. The van der Waals surface area contributed by atoms with Crippen LogP contribution in [0.4, 0.5) is 17.1 Å². The van der Waals surface area contributed by atoms with E-state index in [0.717, 1.165) is 11.4 Å². The first-order valence-electron chi connectivity index (χ1n) is 16.6. The lowest BCUT2D eigenvalue weighted by molar-refractivity contribution is 0.591. The van der Waals surface area contributed by atoms with Gasteiger partial charge in [0.15, 0.2) is 0 Å². The third kappa shape index (κ3) is 5.70. The van der Waals surface area contributed by atoms with E-state index in [1.54, 1.807) is 0 Å². The highest BCUT2D eigenvalue weighted by Crippen LogP contribution is 2.44. The van der Waals surface area contributed by atoms with Gasteiger partial charge < -0.3 is 4.90 Å². The number of anilines is 3. The van der Waals surface area contributed by atoms with E-state index in [4.69, 9.17) is 0 Å². The molecule has 1 heterocycles. The van der Waals surface area contributed by atoms with Crippen LogP contribution in [-0.2, 0) is 5.41 Å². The minimum Gasteiger partial charge on any atom is -0.310 e. The van der Waals surface area contributed by atoms with Crippen LogP contribution in [0.2, 0.25) is 0 Å². The van der Waals surface area contributed by atoms with Crippen LogP contribution in [0.5, 0.6) is 0 Å². The van der Waals surface area contributed by atoms with Gasteiger partial charge in [-0.15, -0.1) is 11.3 Å². The van der Waals surface area contributed by atoms with Crippen LogP contribution in [0.15, 0.2) is 170 Å². The predicted molar refractivity (Wildman–Crippen MR) is 209 cm³/mol. The van der Waals surface area contributed by atoms with Crippen molar-refractivity contribution in [2.45, 2.75) is 26.2 Å². The predicted octanol–water partition coefficient (Wildman–Crippen LogP) is 13.8. The number of benzene rings is 7. The zero-order valence-corrected chi connectivity index (χ0v) is 28.3. The Labute approximate surface area is 287 Å². The molecule has 8 rings (SSSR count). The molecule has 0 aliphatic carbocycles. The first-order chi connectivity index (χ1) is 23.4. The van der Waals surface area contributed by atoms with Crippen LogP contribution in [0.25, 0.3) is 53.6 Å². The van der Waals surface area contributed by atoms with Gasteiger partial charge >= 0.3 is 0 Å². The fraction of sp³-hybridized carbons (Fsp3) is 0.0870. The average Bonchev–Trinajstić information content (AvgIpc) is 3.51. The maximum Gasteiger partial charge on any atom is 0.0499 e. The Bertz CT molecular complexity index is 2340. The Kier molecular flexibility index (Phi) is 7.67. The first-order valence-corrected chi connectivity index (χ1v) is 17.4. The zero-order valence-electron chi connectivity index (χ0n) is 27.5. The van der Waals surface area contributed by atoms with E-state index in [1.807, 2.05) is 11.3 Å². The molecule has 0 bridgehead atoms. The molecule has 48 heavy (non-hydrogen) atoms. The van der Waals surface area contributed by atoms with Crippen molar-refractivity contribution in [1.82, 2.24) is 0 Å². The van der Waals surface area contributed by atoms with Gasteiger partial charge in [-0.25, -0.2) is 0 Å². The van der Waals surface area contributed by atoms with Gasteiger partial charge in [-0.05, 0) is 92.9 Å². The maximum absolute atomic E-state index is 2.42. The van der Waals surface area contributed by atoms with Crippen LogP contribution in [0.1, 0.15) is 26.3 Å². The lowest BCUT2D eigenvalue weighted by Gasteiger charge is -2.32. The molecule has 0 unspecified atom stereocenters. The molecular weight excluding hydrogens is 599 g/mol. The molecule has 7 aromatic carbocycles. The number of rotatable bonds is 6. The summed E-state index contributed by atoms with van der Waals surface area (Å²) in [6, 6.07) is 61.9. The summed E-state index contributed by atoms with van der Waals surface area (Å²) >= 11 is 1.87. The fourth-order valence-electron chi connectivity index (χ4n) is 6.71. The Hall–Kier alpha value is -5.44. The maximum atomic E-state index is 2.42. The second-order valence-corrected chi connectivity index (χ2v) is 14.5. The third-order valence-corrected chi connectivity index (χ3v) is 10.4. The van der Waals surface area contributed by atoms with Gasteiger partial charge in [-0.1, -0.05) is 142 Å². The Morgan fingerprint density at radius 3 is 1.48 bits per heavy atom. The van der Waals surface area contributed by atoms with Gasteiger partial charge in [0.25, 0.3) is 0 Å². The van der Waals surface area contributed by atoms with Crippen molar-refractivity contribution in [1.29, 1.82) is 0 Å². The lowest BCUT2D eigenvalue weighted by atomic mass is 9.83. The summed E-state index contributed by atoms with van der Waals surface area (Å²) in [6.45, 7) is 6.93. The normalized spacial score (nSPS) is 11.6. The van der Waals surface area contributed by atoms with E-state index in [9.17, 15) is 0 Å². The van der Waals surface area contributed by atoms with Gasteiger partial charge in [0.05, 0.1) is 0 Å². The molecule has 0 atom stereocenters. The van der Waals surface area contributed by atoms with Gasteiger partial charge in [-0.3, -0.25) is 0 Å². The second-order valence-electron chi connectivity index (χ2n) is 13.5. The van der Waals surface area contributed by atoms with Crippen LogP contribution in [-0.4, -0.2) is 0 Å². The second kappa shape index (κ2) is 12.3. The molecule has 2 heteroatoms. The zero-order chi connectivity index (χ0) is 32.7.